The summed E-state index contributed by atoms with van der Waals surface area (Å²) in [6.45, 7) is 4.87. The lowest BCUT2D eigenvalue weighted by Crippen LogP contribution is -2.32. The number of rotatable bonds is 6. The highest BCUT2D eigenvalue weighted by Crippen LogP contribution is 2.43. The summed E-state index contributed by atoms with van der Waals surface area (Å²) >= 11 is 8.17. The highest BCUT2D eigenvalue weighted by Gasteiger charge is 2.41. The Morgan fingerprint density at radius 1 is 1.14 bits per heavy atom. The molecule has 3 aromatic rings. The second-order valence-electron chi connectivity index (χ2n) is 8.22. The Bertz CT molecular complexity index is 1390. The average Bonchev–Trinajstić information content (AvgIpc) is 2.84. The fourth-order valence-electron chi connectivity index (χ4n) is 4.12. The van der Waals surface area contributed by atoms with Gasteiger partial charge in [0.05, 0.1) is 29.3 Å². The van der Waals surface area contributed by atoms with Crippen molar-refractivity contribution in [3.63, 3.8) is 0 Å². The van der Waals surface area contributed by atoms with Crippen LogP contribution in [0.3, 0.4) is 0 Å². The third kappa shape index (κ3) is 5.07. The molecule has 0 saturated carbocycles. The zero-order valence-corrected chi connectivity index (χ0v) is 20.7. The minimum atomic E-state index is -4.63. The summed E-state index contributed by atoms with van der Waals surface area (Å²) in [5.41, 5.74) is 0.710. The SMILES string of the molecule is C=C(C1=CC(OC)=C(n2c(=O)ccc3cc(SCc4ccccc4)ccc32)C(C)C1Cl)C(F)(F)F. The minimum absolute atomic E-state index is 0.145. The number of hydrogen-bond acceptors (Lipinski definition) is 3. The predicted molar refractivity (Wildman–Crippen MR) is 137 cm³/mol. The first-order valence-corrected chi connectivity index (χ1v) is 12.3. The number of pyridine rings is 1. The van der Waals surface area contributed by atoms with Crippen molar-refractivity contribution < 1.29 is 17.9 Å². The normalized spacial score (nSPS) is 18.5. The summed E-state index contributed by atoms with van der Waals surface area (Å²) < 4.78 is 47.0. The van der Waals surface area contributed by atoms with Gasteiger partial charge in [0.1, 0.15) is 5.76 Å². The van der Waals surface area contributed by atoms with Gasteiger partial charge in [0.25, 0.3) is 5.56 Å². The number of allylic oxidation sites excluding steroid dienone is 4. The Labute approximate surface area is 210 Å². The quantitative estimate of drug-likeness (QED) is 0.252. The van der Waals surface area contributed by atoms with E-state index in [1.165, 1.54) is 29.4 Å². The molecule has 2 aromatic carbocycles. The molecular formula is C27H23ClF3NO2S. The summed E-state index contributed by atoms with van der Waals surface area (Å²) in [5.74, 6) is 0.292. The summed E-state index contributed by atoms with van der Waals surface area (Å²) in [7, 11) is 1.36. The molecule has 182 valence electrons. The maximum absolute atomic E-state index is 13.4. The van der Waals surface area contributed by atoms with Crippen LogP contribution >= 0.6 is 23.4 Å². The van der Waals surface area contributed by atoms with E-state index in [9.17, 15) is 18.0 Å². The fourth-order valence-corrected chi connectivity index (χ4v) is 5.34. The Morgan fingerprint density at radius 2 is 1.86 bits per heavy atom. The van der Waals surface area contributed by atoms with E-state index in [0.717, 1.165) is 16.0 Å². The number of fused-ring (bicyclic) bond motifs is 1. The van der Waals surface area contributed by atoms with Gasteiger partial charge in [-0.25, -0.2) is 0 Å². The first kappa shape index (κ1) is 25.2. The van der Waals surface area contributed by atoms with Gasteiger partial charge in [-0.3, -0.25) is 9.36 Å². The van der Waals surface area contributed by atoms with Gasteiger partial charge in [-0.15, -0.1) is 23.4 Å². The van der Waals surface area contributed by atoms with Crippen LogP contribution in [0.15, 0.2) is 99.9 Å². The van der Waals surface area contributed by atoms with E-state index in [-0.39, 0.29) is 16.9 Å². The Kier molecular flexibility index (Phi) is 7.20. The van der Waals surface area contributed by atoms with Crippen LogP contribution in [0.25, 0.3) is 16.6 Å². The van der Waals surface area contributed by atoms with Crippen LogP contribution in [0.4, 0.5) is 13.2 Å². The first-order valence-electron chi connectivity index (χ1n) is 10.8. The van der Waals surface area contributed by atoms with Gasteiger partial charge in [-0.1, -0.05) is 43.8 Å². The second kappa shape index (κ2) is 9.99. The molecule has 1 aliphatic rings. The van der Waals surface area contributed by atoms with Crippen LogP contribution < -0.4 is 5.56 Å². The van der Waals surface area contributed by atoms with E-state index < -0.39 is 23.0 Å². The molecule has 2 atom stereocenters. The largest absolute Gasteiger partial charge is 0.495 e. The lowest BCUT2D eigenvalue weighted by atomic mass is 9.87. The number of alkyl halides is 4. The molecule has 0 fully saturated rings. The molecule has 1 heterocycles. The highest BCUT2D eigenvalue weighted by molar-refractivity contribution is 7.98. The van der Waals surface area contributed by atoms with E-state index in [0.29, 0.717) is 11.2 Å². The molecule has 0 aliphatic heterocycles. The van der Waals surface area contributed by atoms with Crippen molar-refractivity contribution in [1.29, 1.82) is 0 Å². The smallest absolute Gasteiger partial charge is 0.416 e. The van der Waals surface area contributed by atoms with Crippen molar-refractivity contribution in [3.8, 4) is 0 Å². The van der Waals surface area contributed by atoms with Crippen molar-refractivity contribution in [3.05, 3.63) is 106 Å². The molecule has 2 unspecified atom stereocenters. The van der Waals surface area contributed by atoms with Crippen LogP contribution in [0, 0.1) is 5.92 Å². The zero-order valence-electron chi connectivity index (χ0n) is 19.1. The maximum Gasteiger partial charge on any atom is 0.416 e. The predicted octanol–water partition coefficient (Wildman–Crippen LogP) is 7.41. The van der Waals surface area contributed by atoms with E-state index in [1.807, 2.05) is 36.4 Å². The van der Waals surface area contributed by atoms with E-state index in [4.69, 9.17) is 16.3 Å². The van der Waals surface area contributed by atoms with Crippen LogP contribution in [0.2, 0.25) is 0 Å². The topological polar surface area (TPSA) is 31.2 Å². The van der Waals surface area contributed by atoms with Crippen LogP contribution in [-0.4, -0.2) is 23.2 Å². The first-order chi connectivity index (χ1) is 16.6. The summed E-state index contributed by atoms with van der Waals surface area (Å²) in [5, 5.41) is -0.223. The molecule has 1 aromatic heterocycles. The van der Waals surface area contributed by atoms with Gasteiger partial charge in [0, 0.05) is 22.6 Å². The number of nitrogens with zero attached hydrogens (tertiary/aromatic N) is 1. The molecule has 8 heteroatoms. The number of benzene rings is 2. The summed E-state index contributed by atoms with van der Waals surface area (Å²) in [6.07, 6.45) is -3.39. The fraction of sp³-hybridized carbons (Fsp3) is 0.222. The average molecular weight is 518 g/mol. The molecule has 0 radical (unpaired) electrons. The van der Waals surface area contributed by atoms with Gasteiger partial charge < -0.3 is 4.74 Å². The third-order valence-electron chi connectivity index (χ3n) is 5.97. The van der Waals surface area contributed by atoms with Gasteiger partial charge >= 0.3 is 6.18 Å². The number of methoxy groups -OCH3 is 1. The highest BCUT2D eigenvalue weighted by atomic mass is 35.5. The number of aromatic nitrogens is 1. The molecule has 0 spiro atoms. The number of ether oxygens (including phenoxy) is 1. The van der Waals surface area contributed by atoms with Crippen LogP contribution in [-0.2, 0) is 10.5 Å². The Hall–Kier alpha value is -2.90. The maximum atomic E-state index is 13.4. The lowest BCUT2D eigenvalue weighted by Gasteiger charge is -2.32. The molecule has 1 aliphatic carbocycles. The number of halogens is 4. The van der Waals surface area contributed by atoms with Gasteiger partial charge in [-0.05, 0) is 46.9 Å². The zero-order chi connectivity index (χ0) is 25.3. The molecular weight excluding hydrogens is 495 g/mol. The summed E-state index contributed by atoms with van der Waals surface area (Å²) in [6, 6.07) is 19.0. The van der Waals surface area contributed by atoms with Gasteiger partial charge in [0.15, 0.2) is 0 Å². The van der Waals surface area contributed by atoms with Crippen LogP contribution in [0.1, 0.15) is 12.5 Å². The van der Waals surface area contributed by atoms with Crippen molar-refractivity contribution in [1.82, 2.24) is 4.57 Å². The van der Waals surface area contributed by atoms with E-state index >= 15 is 0 Å². The molecule has 0 N–H and O–H groups in total. The summed E-state index contributed by atoms with van der Waals surface area (Å²) in [4.78, 5) is 14.1. The van der Waals surface area contributed by atoms with Crippen molar-refractivity contribution in [2.45, 2.75) is 29.1 Å². The molecule has 0 bridgehead atoms. The Morgan fingerprint density at radius 3 is 2.51 bits per heavy atom. The molecule has 0 amide bonds. The lowest BCUT2D eigenvalue weighted by molar-refractivity contribution is -0.0892. The van der Waals surface area contributed by atoms with E-state index in [2.05, 4.69) is 18.7 Å². The molecule has 35 heavy (non-hydrogen) atoms. The van der Waals surface area contributed by atoms with E-state index in [1.54, 1.807) is 24.8 Å². The van der Waals surface area contributed by atoms with Crippen molar-refractivity contribution >= 4 is 40.0 Å². The minimum Gasteiger partial charge on any atom is -0.495 e. The molecule has 0 saturated heterocycles. The van der Waals surface area contributed by atoms with Crippen molar-refractivity contribution in [2.24, 2.45) is 5.92 Å². The Balaban J connectivity index is 1.79. The standard InChI is InChI=1S/C27H23ClF3NO2S/c1-16-25(28)21(17(2)27(29,30)31)14-23(34-3)26(16)32-22-11-10-20(13-19(22)9-12-24(32)33)35-15-18-7-5-4-6-8-18/h4-14,16,25H,2,15H2,1,3H3. The van der Waals surface area contributed by atoms with Crippen molar-refractivity contribution in [2.75, 3.05) is 7.11 Å². The monoisotopic (exact) mass is 517 g/mol. The molecule has 3 nitrogen and oxygen atoms in total. The van der Waals surface area contributed by atoms with Crippen LogP contribution in [0.5, 0.6) is 0 Å². The number of hydrogen-bond donors (Lipinski definition) is 0. The van der Waals surface area contributed by atoms with Gasteiger partial charge in [0.2, 0.25) is 0 Å². The second-order valence-corrected chi connectivity index (χ2v) is 9.74. The van der Waals surface area contributed by atoms with Gasteiger partial charge in [-0.2, -0.15) is 13.2 Å². The number of thioether (sulfide) groups is 1. The third-order valence-corrected chi connectivity index (χ3v) is 7.65. The molecule has 4 rings (SSSR count).